The molecule has 3 nitrogen and oxygen atoms in total. The molecule has 2 heterocycles. The van der Waals surface area contributed by atoms with Gasteiger partial charge in [-0.15, -0.1) is 11.3 Å². The van der Waals surface area contributed by atoms with Gasteiger partial charge in [-0.3, -0.25) is 0 Å². The van der Waals surface area contributed by atoms with Crippen molar-refractivity contribution >= 4 is 11.3 Å². The molecule has 0 spiro atoms. The number of aliphatic hydroxyl groups is 1. The topological polar surface area (TPSA) is 42.4 Å². The average molecular weight is 213 g/mol. The van der Waals surface area contributed by atoms with Gasteiger partial charge in [0.1, 0.15) is 5.01 Å². The van der Waals surface area contributed by atoms with Gasteiger partial charge in [-0.05, 0) is 5.41 Å². The van der Waals surface area contributed by atoms with Crippen molar-refractivity contribution in [3.05, 3.63) is 16.1 Å². The summed E-state index contributed by atoms with van der Waals surface area (Å²) in [5.41, 5.74) is -0.703. The number of hydrogen-bond donors (Lipinski definition) is 1. The Morgan fingerprint density at radius 2 is 2.14 bits per heavy atom. The summed E-state index contributed by atoms with van der Waals surface area (Å²) in [6, 6.07) is 0. The fourth-order valence-corrected chi connectivity index (χ4v) is 2.29. The summed E-state index contributed by atoms with van der Waals surface area (Å²) in [6.07, 6.45) is 1.86. The Bertz CT molecular complexity index is 336. The first kappa shape index (κ1) is 10.1. The van der Waals surface area contributed by atoms with Gasteiger partial charge in [-0.1, -0.05) is 20.8 Å². The van der Waals surface area contributed by atoms with Gasteiger partial charge < -0.3 is 9.84 Å². The molecule has 0 radical (unpaired) electrons. The third-order valence-corrected chi connectivity index (χ3v) is 3.94. The highest BCUT2D eigenvalue weighted by Gasteiger charge is 2.41. The van der Waals surface area contributed by atoms with Gasteiger partial charge in [0.2, 0.25) is 0 Å². The second kappa shape index (κ2) is 3.02. The van der Waals surface area contributed by atoms with Gasteiger partial charge in [0.15, 0.2) is 5.60 Å². The zero-order valence-electron chi connectivity index (χ0n) is 8.70. The zero-order chi connectivity index (χ0) is 10.4. The molecule has 78 valence electrons. The molecule has 0 aliphatic carbocycles. The first-order valence-electron chi connectivity index (χ1n) is 4.69. The van der Waals surface area contributed by atoms with E-state index >= 15 is 0 Å². The van der Waals surface area contributed by atoms with E-state index in [1.54, 1.807) is 11.3 Å². The molecule has 1 saturated heterocycles. The summed E-state index contributed by atoms with van der Waals surface area (Å²) in [4.78, 5) is 5.47. The van der Waals surface area contributed by atoms with Crippen LogP contribution < -0.4 is 0 Å². The first-order chi connectivity index (χ1) is 6.42. The van der Waals surface area contributed by atoms with Crippen LogP contribution in [0.25, 0.3) is 0 Å². The Labute approximate surface area is 87.7 Å². The van der Waals surface area contributed by atoms with Gasteiger partial charge in [-0.25, -0.2) is 4.98 Å². The van der Waals surface area contributed by atoms with E-state index < -0.39 is 5.60 Å². The van der Waals surface area contributed by atoms with E-state index in [9.17, 15) is 5.11 Å². The minimum atomic E-state index is -0.811. The summed E-state index contributed by atoms with van der Waals surface area (Å²) < 4.78 is 5.00. The second-order valence-electron chi connectivity index (χ2n) is 4.80. The van der Waals surface area contributed by atoms with Crippen molar-refractivity contribution in [1.82, 2.24) is 4.98 Å². The normalized spacial score (nSPS) is 20.6. The minimum Gasteiger partial charge on any atom is -0.378 e. The van der Waals surface area contributed by atoms with E-state index in [-0.39, 0.29) is 5.41 Å². The van der Waals surface area contributed by atoms with Crippen LogP contribution in [0.3, 0.4) is 0 Å². The fraction of sp³-hybridized carbons (Fsp3) is 0.700. The summed E-state index contributed by atoms with van der Waals surface area (Å²) >= 11 is 1.58. The smallest absolute Gasteiger partial charge is 0.162 e. The third-order valence-electron chi connectivity index (χ3n) is 2.32. The van der Waals surface area contributed by atoms with Gasteiger partial charge in [-0.2, -0.15) is 0 Å². The van der Waals surface area contributed by atoms with Gasteiger partial charge in [0.05, 0.1) is 13.2 Å². The number of rotatable bonds is 1. The Kier molecular flexibility index (Phi) is 2.17. The molecule has 1 aliphatic rings. The Balaban J connectivity index is 2.26. The second-order valence-corrected chi connectivity index (χ2v) is 5.83. The maximum atomic E-state index is 9.98. The van der Waals surface area contributed by atoms with Gasteiger partial charge in [0, 0.05) is 11.1 Å². The summed E-state index contributed by atoms with van der Waals surface area (Å²) in [5, 5.41) is 10.8. The van der Waals surface area contributed by atoms with Crippen molar-refractivity contribution in [3.63, 3.8) is 0 Å². The maximum Gasteiger partial charge on any atom is 0.162 e. The van der Waals surface area contributed by atoms with Crippen LogP contribution in [-0.2, 0) is 15.8 Å². The Hall–Kier alpha value is -0.450. The van der Waals surface area contributed by atoms with Crippen LogP contribution in [0.5, 0.6) is 0 Å². The van der Waals surface area contributed by atoms with Crippen molar-refractivity contribution in [2.75, 3.05) is 13.2 Å². The molecule has 1 aromatic heterocycles. The molecule has 1 fully saturated rings. The largest absolute Gasteiger partial charge is 0.378 e. The SMILES string of the molecule is CC(C)(C)c1cnc(C2(O)COC2)s1. The van der Waals surface area contributed by atoms with Crippen LogP contribution in [0.4, 0.5) is 0 Å². The molecule has 0 amide bonds. The quantitative estimate of drug-likeness (QED) is 0.771. The van der Waals surface area contributed by atoms with Gasteiger partial charge in [0.25, 0.3) is 0 Å². The molecular weight excluding hydrogens is 198 g/mol. The third kappa shape index (κ3) is 1.58. The Morgan fingerprint density at radius 1 is 1.50 bits per heavy atom. The Morgan fingerprint density at radius 3 is 2.50 bits per heavy atom. The highest BCUT2D eigenvalue weighted by molar-refractivity contribution is 7.11. The fourth-order valence-electron chi connectivity index (χ4n) is 1.25. The molecule has 1 N–H and O–H groups in total. The van der Waals surface area contributed by atoms with E-state index in [0.717, 1.165) is 5.01 Å². The lowest BCUT2D eigenvalue weighted by molar-refractivity contribution is -0.184. The lowest BCUT2D eigenvalue weighted by Gasteiger charge is -2.34. The maximum absolute atomic E-state index is 9.98. The van der Waals surface area contributed by atoms with Crippen LogP contribution in [0.15, 0.2) is 6.20 Å². The van der Waals surface area contributed by atoms with E-state index in [2.05, 4.69) is 25.8 Å². The molecule has 1 aliphatic heterocycles. The van der Waals surface area contributed by atoms with Crippen molar-refractivity contribution in [2.45, 2.75) is 31.8 Å². The number of aromatic nitrogens is 1. The molecule has 0 bridgehead atoms. The molecule has 0 unspecified atom stereocenters. The molecule has 4 heteroatoms. The van der Waals surface area contributed by atoms with E-state index in [1.807, 2.05) is 6.20 Å². The molecule has 0 atom stereocenters. The predicted octanol–water partition coefficient (Wildman–Crippen LogP) is 1.66. The highest BCUT2D eigenvalue weighted by atomic mass is 32.1. The molecule has 1 aromatic rings. The summed E-state index contributed by atoms with van der Waals surface area (Å²) in [5.74, 6) is 0. The minimum absolute atomic E-state index is 0.108. The van der Waals surface area contributed by atoms with Gasteiger partial charge >= 0.3 is 0 Å². The van der Waals surface area contributed by atoms with Crippen LogP contribution in [-0.4, -0.2) is 23.3 Å². The lowest BCUT2D eigenvalue weighted by atomic mass is 9.96. The summed E-state index contributed by atoms with van der Waals surface area (Å²) in [7, 11) is 0. The zero-order valence-corrected chi connectivity index (χ0v) is 9.52. The molecule has 14 heavy (non-hydrogen) atoms. The first-order valence-corrected chi connectivity index (χ1v) is 5.50. The standard InChI is InChI=1S/C10H15NO2S/c1-9(2,3)7-4-11-8(14-7)10(12)5-13-6-10/h4,12H,5-6H2,1-3H3. The molecule has 0 saturated carbocycles. The van der Waals surface area contributed by atoms with Crippen molar-refractivity contribution in [1.29, 1.82) is 0 Å². The van der Waals surface area contributed by atoms with Crippen LogP contribution >= 0.6 is 11.3 Å². The number of ether oxygens (including phenoxy) is 1. The van der Waals surface area contributed by atoms with Crippen molar-refractivity contribution < 1.29 is 9.84 Å². The van der Waals surface area contributed by atoms with E-state index in [0.29, 0.717) is 13.2 Å². The number of nitrogens with zero attached hydrogens (tertiary/aromatic N) is 1. The molecular formula is C10H15NO2S. The lowest BCUT2D eigenvalue weighted by Crippen LogP contribution is -2.46. The van der Waals surface area contributed by atoms with Crippen molar-refractivity contribution in [2.24, 2.45) is 0 Å². The monoisotopic (exact) mass is 213 g/mol. The van der Waals surface area contributed by atoms with Crippen molar-refractivity contribution in [3.8, 4) is 0 Å². The number of thiazole rings is 1. The van der Waals surface area contributed by atoms with E-state index in [4.69, 9.17) is 4.74 Å². The van der Waals surface area contributed by atoms with E-state index in [1.165, 1.54) is 4.88 Å². The summed E-state index contributed by atoms with van der Waals surface area (Å²) in [6.45, 7) is 7.19. The predicted molar refractivity (Wildman–Crippen MR) is 55.5 cm³/mol. The van der Waals surface area contributed by atoms with Crippen LogP contribution in [0.2, 0.25) is 0 Å². The number of hydrogen-bond acceptors (Lipinski definition) is 4. The van der Waals surface area contributed by atoms with Crippen LogP contribution in [0, 0.1) is 0 Å². The average Bonchev–Trinajstić information content (AvgIpc) is 2.46. The van der Waals surface area contributed by atoms with Crippen LogP contribution in [0.1, 0.15) is 30.7 Å². The highest BCUT2D eigenvalue weighted by Crippen LogP contribution is 2.36. The molecule has 2 rings (SSSR count). The molecule has 0 aromatic carbocycles.